The van der Waals surface area contributed by atoms with Crippen molar-refractivity contribution in [3.8, 4) is 10.8 Å². The van der Waals surface area contributed by atoms with E-state index in [0.717, 1.165) is 61.5 Å². The van der Waals surface area contributed by atoms with E-state index in [1.54, 1.807) is 23.9 Å². The fourth-order valence-corrected chi connectivity index (χ4v) is 3.80. The number of nitrogens with zero attached hydrogens (tertiary/aromatic N) is 5. The number of oxazole rings is 1. The van der Waals surface area contributed by atoms with Crippen LogP contribution in [0, 0.1) is 0 Å². The van der Waals surface area contributed by atoms with Gasteiger partial charge in [0.1, 0.15) is 18.2 Å². The second-order valence-electron chi connectivity index (χ2n) is 6.55. The lowest BCUT2D eigenvalue weighted by molar-refractivity contribution is 0.169. The molecule has 1 N–H and O–H groups in total. The molecule has 156 valence electrons. The van der Waals surface area contributed by atoms with Gasteiger partial charge in [0.15, 0.2) is 5.96 Å². The molecule has 0 aromatic carbocycles. The van der Waals surface area contributed by atoms with Gasteiger partial charge in [0.2, 0.25) is 5.89 Å². The molecule has 1 aliphatic heterocycles. The van der Waals surface area contributed by atoms with Gasteiger partial charge in [-0.25, -0.2) is 9.98 Å². The number of piperazine rings is 1. The predicted molar refractivity (Wildman–Crippen MR) is 123 cm³/mol. The summed E-state index contributed by atoms with van der Waals surface area (Å²) in [5.74, 6) is 1.58. The number of aromatic nitrogens is 2. The Morgan fingerprint density at radius 1 is 1.24 bits per heavy atom. The van der Waals surface area contributed by atoms with Crippen LogP contribution in [0.3, 0.4) is 0 Å². The molecule has 4 heterocycles. The van der Waals surface area contributed by atoms with Crippen LogP contribution < -0.4 is 5.32 Å². The molecule has 0 spiro atoms. The van der Waals surface area contributed by atoms with Crippen molar-refractivity contribution in [1.82, 2.24) is 25.3 Å². The minimum Gasteiger partial charge on any atom is -0.443 e. The maximum atomic E-state index is 5.59. The molecule has 0 atom stereocenters. The smallest absolute Gasteiger partial charge is 0.236 e. The van der Waals surface area contributed by atoms with E-state index in [4.69, 9.17) is 13.9 Å². The van der Waals surface area contributed by atoms with Gasteiger partial charge in [-0.3, -0.25) is 4.90 Å². The summed E-state index contributed by atoms with van der Waals surface area (Å²) < 4.78 is 10.5. The van der Waals surface area contributed by atoms with Crippen LogP contribution >= 0.6 is 35.3 Å². The summed E-state index contributed by atoms with van der Waals surface area (Å²) in [6.45, 7) is 8.00. The molecule has 1 fully saturated rings. The zero-order valence-corrected chi connectivity index (χ0v) is 19.4. The SMILES string of the molecule is CCNC(=NCc1coc(-c2cccs2)n1)N1CCN(Cc2ccon2)CC1.I. The maximum absolute atomic E-state index is 5.59. The lowest BCUT2D eigenvalue weighted by Crippen LogP contribution is -2.52. The molecule has 0 amide bonds. The summed E-state index contributed by atoms with van der Waals surface area (Å²) >= 11 is 1.62. The number of rotatable bonds is 6. The molecule has 4 rings (SSSR count). The van der Waals surface area contributed by atoms with Gasteiger partial charge in [-0.2, -0.15) is 0 Å². The van der Waals surface area contributed by atoms with Crippen LogP contribution in [0.2, 0.25) is 0 Å². The largest absolute Gasteiger partial charge is 0.443 e. The van der Waals surface area contributed by atoms with Crippen LogP contribution in [-0.4, -0.2) is 58.6 Å². The number of aliphatic imine (C=N–C) groups is 1. The van der Waals surface area contributed by atoms with Crippen molar-refractivity contribution >= 4 is 41.3 Å². The number of halogens is 1. The zero-order valence-electron chi connectivity index (χ0n) is 16.3. The Morgan fingerprint density at radius 2 is 2.10 bits per heavy atom. The molecular formula is C19H25IN6O2S. The molecule has 8 nitrogen and oxygen atoms in total. The van der Waals surface area contributed by atoms with Crippen LogP contribution in [0.1, 0.15) is 18.3 Å². The number of guanidine groups is 1. The third kappa shape index (κ3) is 5.80. The van der Waals surface area contributed by atoms with E-state index in [9.17, 15) is 0 Å². The van der Waals surface area contributed by atoms with Crippen molar-refractivity contribution < 1.29 is 8.94 Å². The zero-order chi connectivity index (χ0) is 19.2. The molecule has 0 unspecified atom stereocenters. The van der Waals surface area contributed by atoms with Gasteiger partial charge in [0, 0.05) is 45.3 Å². The third-order valence-electron chi connectivity index (χ3n) is 4.56. The van der Waals surface area contributed by atoms with Gasteiger partial charge in [-0.05, 0) is 18.4 Å². The topological polar surface area (TPSA) is 82.9 Å². The Kier molecular flexibility index (Phi) is 8.07. The predicted octanol–water partition coefficient (Wildman–Crippen LogP) is 3.29. The molecule has 3 aromatic rings. The number of nitrogens with one attached hydrogen (secondary N) is 1. The molecule has 0 bridgehead atoms. The van der Waals surface area contributed by atoms with Crippen molar-refractivity contribution in [3.63, 3.8) is 0 Å². The van der Waals surface area contributed by atoms with E-state index in [1.165, 1.54) is 0 Å². The first-order chi connectivity index (χ1) is 13.8. The summed E-state index contributed by atoms with van der Waals surface area (Å²) in [7, 11) is 0. The second-order valence-corrected chi connectivity index (χ2v) is 7.49. The highest BCUT2D eigenvalue weighted by atomic mass is 127. The van der Waals surface area contributed by atoms with Crippen LogP contribution in [0.4, 0.5) is 0 Å². The quantitative estimate of drug-likeness (QED) is 0.299. The summed E-state index contributed by atoms with van der Waals surface area (Å²) in [6.07, 6.45) is 3.31. The second kappa shape index (κ2) is 10.7. The van der Waals surface area contributed by atoms with Gasteiger partial charge in [-0.1, -0.05) is 11.2 Å². The Bertz CT molecular complexity index is 873. The van der Waals surface area contributed by atoms with Crippen LogP contribution in [0.25, 0.3) is 10.8 Å². The minimum absolute atomic E-state index is 0. The summed E-state index contributed by atoms with van der Waals surface area (Å²) in [5.41, 5.74) is 1.81. The van der Waals surface area contributed by atoms with Crippen molar-refractivity contribution in [3.05, 3.63) is 47.5 Å². The van der Waals surface area contributed by atoms with Crippen LogP contribution in [-0.2, 0) is 13.1 Å². The van der Waals surface area contributed by atoms with E-state index < -0.39 is 0 Å². The molecule has 0 aliphatic carbocycles. The van der Waals surface area contributed by atoms with E-state index in [2.05, 4.69) is 32.2 Å². The van der Waals surface area contributed by atoms with Gasteiger partial charge in [0.25, 0.3) is 0 Å². The Hall–Kier alpha value is -1.92. The number of hydrogen-bond acceptors (Lipinski definition) is 7. The van der Waals surface area contributed by atoms with Crippen molar-refractivity contribution in [2.24, 2.45) is 4.99 Å². The summed E-state index contributed by atoms with van der Waals surface area (Å²) in [6, 6.07) is 5.92. The van der Waals surface area contributed by atoms with Gasteiger partial charge in [0.05, 0.1) is 17.1 Å². The number of hydrogen-bond donors (Lipinski definition) is 1. The fourth-order valence-electron chi connectivity index (χ4n) is 3.14. The third-order valence-corrected chi connectivity index (χ3v) is 5.42. The van der Waals surface area contributed by atoms with Gasteiger partial charge < -0.3 is 19.2 Å². The Morgan fingerprint density at radius 3 is 2.79 bits per heavy atom. The Balaban J connectivity index is 0.00000240. The van der Waals surface area contributed by atoms with E-state index in [1.807, 2.05) is 23.6 Å². The maximum Gasteiger partial charge on any atom is 0.236 e. The first-order valence-electron chi connectivity index (χ1n) is 9.45. The monoisotopic (exact) mass is 528 g/mol. The van der Waals surface area contributed by atoms with Crippen LogP contribution in [0.15, 0.2) is 50.0 Å². The molecule has 0 radical (unpaired) electrons. The lowest BCUT2D eigenvalue weighted by Gasteiger charge is -2.36. The molecular weight excluding hydrogens is 503 g/mol. The highest BCUT2D eigenvalue weighted by molar-refractivity contribution is 14.0. The van der Waals surface area contributed by atoms with Crippen molar-refractivity contribution in [2.45, 2.75) is 20.0 Å². The minimum atomic E-state index is 0. The first kappa shape index (κ1) is 21.8. The van der Waals surface area contributed by atoms with Crippen molar-refractivity contribution in [1.29, 1.82) is 0 Å². The summed E-state index contributed by atoms with van der Waals surface area (Å²) in [5, 5.41) is 9.40. The molecule has 29 heavy (non-hydrogen) atoms. The van der Waals surface area contributed by atoms with E-state index in [-0.39, 0.29) is 24.0 Å². The molecule has 0 saturated carbocycles. The van der Waals surface area contributed by atoms with Crippen LogP contribution in [0.5, 0.6) is 0 Å². The highest BCUT2D eigenvalue weighted by Gasteiger charge is 2.20. The van der Waals surface area contributed by atoms with E-state index >= 15 is 0 Å². The molecule has 1 saturated heterocycles. The average molecular weight is 528 g/mol. The summed E-state index contributed by atoms with van der Waals surface area (Å²) in [4.78, 5) is 15.0. The first-order valence-corrected chi connectivity index (χ1v) is 10.3. The molecule has 10 heteroatoms. The van der Waals surface area contributed by atoms with E-state index in [0.29, 0.717) is 12.4 Å². The van der Waals surface area contributed by atoms with Gasteiger partial charge in [-0.15, -0.1) is 35.3 Å². The molecule has 1 aliphatic rings. The highest BCUT2D eigenvalue weighted by Crippen LogP contribution is 2.23. The van der Waals surface area contributed by atoms with Gasteiger partial charge >= 0.3 is 0 Å². The fraction of sp³-hybridized carbons (Fsp3) is 0.421. The normalized spacial score (nSPS) is 15.3. The number of thiophene rings is 1. The molecule has 3 aromatic heterocycles. The lowest BCUT2D eigenvalue weighted by atomic mass is 10.3. The van der Waals surface area contributed by atoms with Crippen molar-refractivity contribution in [2.75, 3.05) is 32.7 Å². The Labute approximate surface area is 191 Å². The average Bonchev–Trinajstić information content (AvgIpc) is 3.48. The standard InChI is InChI=1S/C19H24N6O2S.HI/c1-2-20-19(21-12-16-14-26-18(22-16)17-4-3-11-28-17)25-8-6-24(7-9-25)13-15-5-10-27-23-15;/h3-5,10-11,14H,2,6-9,12-13H2,1H3,(H,20,21);1H.